The van der Waals surface area contributed by atoms with Gasteiger partial charge in [0, 0.05) is 23.7 Å². The molecule has 0 bridgehead atoms. The Labute approximate surface area is 92.6 Å². The lowest BCUT2D eigenvalue weighted by atomic mass is 10.1. The Balaban J connectivity index is 2.73. The number of nitrogens with one attached hydrogen (secondary N) is 1. The van der Waals surface area contributed by atoms with Crippen LogP contribution < -0.4 is 11.1 Å². The summed E-state index contributed by atoms with van der Waals surface area (Å²) in [6, 6.07) is 2.66. The van der Waals surface area contributed by atoms with Gasteiger partial charge in [0.2, 0.25) is 0 Å². The molecule has 0 saturated carbocycles. The van der Waals surface area contributed by atoms with E-state index < -0.39 is 23.1 Å². The second-order valence-electron chi connectivity index (χ2n) is 4.33. The molecule has 3 N–H and O–H groups in total. The van der Waals surface area contributed by atoms with Crippen molar-refractivity contribution in [3.63, 3.8) is 0 Å². The van der Waals surface area contributed by atoms with Gasteiger partial charge >= 0.3 is 0 Å². The minimum Gasteiger partial charge on any atom is -0.350 e. The van der Waals surface area contributed by atoms with Crippen LogP contribution in [0.15, 0.2) is 18.2 Å². The first-order chi connectivity index (χ1) is 7.28. The number of carbonyl (C=O) groups is 1. The molecule has 1 aromatic carbocycles. The van der Waals surface area contributed by atoms with E-state index in [2.05, 4.69) is 5.32 Å². The molecule has 88 valence electrons. The third-order valence-corrected chi connectivity index (χ3v) is 1.83. The molecule has 16 heavy (non-hydrogen) atoms. The zero-order valence-corrected chi connectivity index (χ0v) is 9.18. The molecule has 0 heterocycles. The SMILES string of the molecule is CC(C)(N)CNC(=O)c1cc(F)cc(F)c1. The number of amides is 1. The molecular weight excluding hydrogens is 214 g/mol. The first kappa shape index (κ1) is 12.6. The fraction of sp³-hybridized carbons (Fsp3) is 0.364. The number of nitrogens with two attached hydrogens (primary N) is 1. The monoisotopic (exact) mass is 228 g/mol. The summed E-state index contributed by atoms with van der Waals surface area (Å²) < 4.78 is 25.6. The molecule has 5 heteroatoms. The fourth-order valence-electron chi connectivity index (χ4n) is 1.10. The Bertz CT molecular complexity index is 379. The van der Waals surface area contributed by atoms with Gasteiger partial charge in [0.1, 0.15) is 11.6 Å². The van der Waals surface area contributed by atoms with Crippen LogP contribution in [0.2, 0.25) is 0 Å². The van der Waals surface area contributed by atoms with Gasteiger partial charge in [0.15, 0.2) is 0 Å². The van der Waals surface area contributed by atoms with Gasteiger partial charge in [-0.05, 0) is 26.0 Å². The van der Waals surface area contributed by atoms with Gasteiger partial charge in [-0.15, -0.1) is 0 Å². The van der Waals surface area contributed by atoms with Crippen LogP contribution in [-0.2, 0) is 0 Å². The van der Waals surface area contributed by atoms with Crippen LogP contribution >= 0.6 is 0 Å². The summed E-state index contributed by atoms with van der Waals surface area (Å²) in [4.78, 5) is 11.5. The standard InChI is InChI=1S/C11H14F2N2O/c1-11(2,14)6-15-10(16)7-3-8(12)5-9(13)4-7/h3-5H,6,14H2,1-2H3,(H,15,16). The number of carbonyl (C=O) groups excluding carboxylic acids is 1. The van der Waals surface area contributed by atoms with E-state index in [0.29, 0.717) is 6.07 Å². The molecule has 0 radical (unpaired) electrons. The highest BCUT2D eigenvalue weighted by Gasteiger charge is 2.14. The van der Waals surface area contributed by atoms with Crippen molar-refractivity contribution in [1.82, 2.24) is 5.32 Å². The van der Waals surface area contributed by atoms with Gasteiger partial charge in [-0.25, -0.2) is 8.78 Å². The van der Waals surface area contributed by atoms with Crippen molar-refractivity contribution in [2.24, 2.45) is 5.73 Å². The highest BCUT2D eigenvalue weighted by Crippen LogP contribution is 2.08. The second kappa shape index (κ2) is 4.57. The topological polar surface area (TPSA) is 55.1 Å². The summed E-state index contributed by atoms with van der Waals surface area (Å²) in [5.74, 6) is -2.11. The first-order valence-corrected chi connectivity index (χ1v) is 4.81. The van der Waals surface area contributed by atoms with E-state index in [9.17, 15) is 13.6 Å². The van der Waals surface area contributed by atoms with Gasteiger partial charge < -0.3 is 11.1 Å². The van der Waals surface area contributed by atoms with Crippen molar-refractivity contribution in [1.29, 1.82) is 0 Å². The zero-order chi connectivity index (χ0) is 12.3. The van der Waals surface area contributed by atoms with Crippen LogP contribution in [0.4, 0.5) is 8.78 Å². The van der Waals surface area contributed by atoms with Crippen LogP contribution in [-0.4, -0.2) is 18.0 Å². The lowest BCUT2D eigenvalue weighted by Gasteiger charge is -2.18. The van der Waals surface area contributed by atoms with Crippen molar-refractivity contribution in [2.45, 2.75) is 19.4 Å². The van der Waals surface area contributed by atoms with E-state index in [-0.39, 0.29) is 12.1 Å². The van der Waals surface area contributed by atoms with E-state index in [4.69, 9.17) is 5.73 Å². The van der Waals surface area contributed by atoms with E-state index in [1.54, 1.807) is 13.8 Å². The third kappa shape index (κ3) is 3.94. The van der Waals surface area contributed by atoms with Crippen molar-refractivity contribution in [3.05, 3.63) is 35.4 Å². The molecule has 0 aliphatic rings. The normalized spacial score (nSPS) is 11.3. The van der Waals surface area contributed by atoms with Crippen LogP contribution in [0, 0.1) is 11.6 Å². The van der Waals surface area contributed by atoms with Crippen molar-refractivity contribution >= 4 is 5.91 Å². The Morgan fingerprint density at radius 1 is 1.31 bits per heavy atom. The van der Waals surface area contributed by atoms with Crippen molar-refractivity contribution < 1.29 is 13.6 Å². The molecule has 1 rings (SSSR count). The van der Waals surface area contributed by atoms with Crippen LogP contribution in [0.1, 0.15) is 24.2 Å². The Hall–Kier alpha value is -1.49. The van der Waals surface area contributed by atoms with Gasteiger partial charge in [-0.2, -0.15) is 0 Å². The summed E-state index contributed by atoms with van der Waals surface area (Å²) >= 11 is 0. The molecule has 0 aromatic heterocycles. The van der Waals surface area contributed by atoms with Crippen LogP contribution in [0.25, 0.3) is 0 Å². The number of halogens is 2. The molecule has 0 unspecified atom stereocenters. The van der Waals surface area contributed by atoms with E-state index in [0.717, 1.165) is 12.1 Å². The van der Waals surface area contributed by atoms with Crippen LogP contribution in [0.3, 0.4) is 0 Å². The molecule has 0 fully saturated rings. The van der Waals surface area contributed by atoms with Gasteiger partial charge in [-0.1, -0.05) is 0 Å². The fourth-order valence-corrected chi connectivity index (χ4v) is 1.10. The van der Waals surface area contributed by atoms with Gasteiger partial charge in [0.05, 0.1) is 0 Å². The molecule has 0 aliphatic heterocycles. The summed E-state index contributed by atoms with van der Waals surface area (Å²) in [5, 5.41) is 2.50. The van der Waals surface area contributed by atoms with Crippen molar-refractivity contribution in [3.8, 4) is 0 Å². The van der Waals surface area contributed by atoms with E-state index in [1.807, 2.05) is 0 Å². The second-order valence-corrected chi connectivity index (χ2v) is 4.33. The highest BCUT2D eigenvalue weighted by molar-refractivity contribution is 5.94. The maximum absolute atomic E-state index is 12.8. The minimum absolute atomic E-state index is 0.0539. The zero-order valence-electron chi connectivity index (χ0n) is 9.18. The summed E-state index contributed by atoms with van der Waals surface area (Å²) in [6.45, 7) is 3.70. The number of hydrogen-bond acceptors (Lipinski definition) is 2. The first-order valence-electron chi connectivity index (χ1n) is 4.81. The summed E-state index contributed by atoms with van der Waals surface area (Å²) in [7, 11) is 0. The minimum atomic E-state index is -0.780. The predicted molar refractivity (Wildman–Crippen MR) is 57.0 cm³/mol. The molecule has 3 nitrogen and oxygen atoms in total. The third-order valence-electron chi connectivity index (χ3n) is 1.83. The summed E-state index contributed by atoms with van der Waals surface area (Å²) in [6.07, 6.45) is 0. The average Bonchev–Trinajstić information content (AvgIpc) is 2.11. The largest absolute Gasteiger partial charge is 0.350 e. The lowest BCUT2D eigenvalue weighted by Crippen LogP contribution is -2.45. The number of hydrogen-bond donors (Lipinski definition) is 2. The number of rotatable bonds is 3. The average molecular weight is 228 g/mol. The van der Waals surface area contributed by atoms with Crippen LogP contribution in [0.5, 0.6) is 0 Å². The van der Waals surface area contributed by atoms with E-state index >= 15 is 0 Å². The van der Waals surface area contributed by atoms with Crippen molar-refractivity contribution in [2.75, 3.05) is 6.54 Å². The highest BCUT2D eigenvalue weighted by atomic mass is 19.1. The smallest absolute Gasteiger partial charge is 0.251 e. The summed E-state index contributed by atoms with van der Waals surface area (Å²) in [5.41, 5.74) is 5.04. The number of benzene rings is 1. The molecule has 0 aliphatic carbocycles. The Morgan fingerprint density at radius 3 is 2.25 bits per heavy atom. The predicted octanol–water partition coefficient (Wildman–Crippen LogP) is 1.43. The quantitative estimate of drug-likeness (QED) is 0.822. The Morgan fingerprint density at radius 2 is 1.81 bits per heavy atom. The molecule has 0 saturated heterocycles. The molecule has 0 spiro atoms. The van der Waals surface area contributed by atoms with Gasteiger partial charge in [0.25, 0.3) is 5.91 Å². The molecular formula is C11H14F2N2O. The molecule has 1 amide bonds. The lowest BCUT2D eigenvalue weighted by molar-refractivity contribution is 0.0945. The maximum Gasteiger partial charge on any atom is 0.251 e. The van der Waals surface area contributed by atoms with E-state index in [1.165, 1.54) is 0 Å². The molecule has 0 atom stereocenters. The van der Waals surface area contributed by atoms with Gasteiger partial charge in [-0.3, -0.25) is 4.79 Å². The molecule has 1 aromatic rings. The Kier molecular flexibility index (Phi) is 3.59. The maximum atomic E-state index is 12.8.